The number of methoxy groups -OCH3 is 1. The fourth-order valence-corrected chi connectivity index (χ4v) is 4.33. The van der Waals surface area contributed by atoms with Crippen LogP contribution in [0.25, 0.3) is 5.69 Å². The van der Waals surface area contributed by atoms with Crippen molar-refractivity contribution in [1.29, 1.82) is 0 Å². The molecule has 2 heterocycles. The van der Waals surface area contributed by atoms with Crippen LogP contribution in [-0.4, -0.2) is 35.2 Å². The van der Waals surface area contributed by atoms with Crippen LogP contribution in [0.3, 0.4) is 0 Å². The summed E-state index contributed by atoms with van der Waals surface area (Å²) in [6.07, 6.45) is 1.24. The van der Waals surface area contributed by atoms with E-state index < -0.39 is 0 Å². The molecule has 0 unspecified atom stereocenters. The Hall–Kier alpha value is -3.81. The number of aromatic nitrogens is 2. The van der Waals surface area contributed by atoms with Gasteiger partial charge in [-0.15, -0.1) is 0 Å². The Kier molecular flexibility index (Phi) is 6.35. The first-order chi connectivity index (χ1) is 15.9. The number of amides is 1. The van der Waals surface area contributed by atoms with Gasteiger partial charge in [-0.05, 0) is 56.2 Å². The van der Waals surface area contributed by atoms with Crippen LogP contribution in [-0.2, 0) is 11.8 Å². The van der Waals surface area contributed by atoms with E-state index in [1.165, 1.54) is 7.05 Å². The lowest BCUT2D eigenvalue weighted by Gasteiger charge is -2.34. The first-order valence-corrected chi connectivity index (χ1v) is 11.0. The van der Waals surface area contributed by atoms with E-state index in [0.29, 0.717) is 43.0 Å². The van der Waals surface area contributed by atoms with Gasteiger partial charge in [-0.1, -0.05) is 18.2 Å². The monoisotopic (exact) mass is 448 g/mol. The molecule has 0 atom stereocenters. The molecule has 1 fully saturated rings. The number of carbonyl (C=O) groups is 1. The van der Waals surface area contributed by atoms with Gasteiger partial charge in [0.05, 0.1) is 18.5 Å². The molecule has 8 heteroatoms. The number of hydrogen-bond donors (Lipinski definition) is 1. The average Bonchev–Trinajstić information content (AvgIpc) is 2.84. The lowest BCUT2D eigenvalue weighted by atomic mass is 9.95. The van der Waals surface area contributed by atoms with E-state index in [2.05, 4.69) is 5.32 Å². The van der Waals surface area contributed by atoms with Gasteiger partial charge in [-0.25, -0.2) is 4.79 Å². The minimum absolute atomic E-state index is 0.0290. The van der Waals surface area contributed by atoms with Crippen LogP contribution < -0.4 is 26.2 Å². The van der Waals surface area contributed by atoms with Crippen molar-refractivity contribution in [3.63, 3.8) is 0 Å². The third-order valence-electron chi connectivity index (χ3n) is 6.22. The molecule has 1 aromatic heterocycles. The SMILES string of the molecule is COc1ccc(NC(=O)C2CCN(c3c(C)n(-c4ccccc4)c(=O)n(C)c3=O)CC2)cc1. The number of ether oxygens (including phenoxy) is 1. The van der Waals surface area contributed by atoms with Gasteiger partial charge in [0, 0.05) is 31.7 Å². The van der Waals surface area contributed by atoms with Crippen molar-refractivity contribution in [3.8, 4) is 11.4 Å². The summed E-state index contributed by atoms with van der Waals surface area (Å²) in [5, 5.41) is 2.96. The topological polar surface area (TPSA) is 85.6 Å². The molecule has 0 spiro atoms. The number of anilines is 2. The fraction of sp³-hybridized carbons (Fsp3) is 0.320. The summed E-state index contributed by atoms with van der Waals surface area (Å²) in [6, 6.07) is 16.5. The van der Waals surface area contributed by atoms with Crippen LogP contribution in [0.1, 0.15) is 18.5 Å². The molecule has 172 valence electrons. The molecule has 33 heavy (non-hydrogen) atoms. The van der Waals surface area contributed by atoms with Gasteiger partial charge in [0.15, 0.2) is 0 Å². The highest BCUT2D eigenvalue weighted by Crippen LogP contribution is 2.25. The maximum atomic E-state index is 13.0. The number of carbonyl (C=O) groups excluding carboxylic acids is 1. The molecule has 1 aliphatic rings. The number of nitrogens with zero attached hydrogens (tertiary/aromatic N) is 3. The maximum Gasteiger partial charge on any atom is 0.335 e. The average molecular weight is 449 g/mol. The highest BCUT2D eigenvalue weighted by atomic mass is 16.5. The van der Waals surface area contributed by atoms with Gasteiger partial charge >= 0.3 is 5.69 Å². The summed E-state index contributed by atoms with van der Waals surface area (Å²) in [4.78, 5) is 40.6. The molecule has 4 rings (SSSR count). The van der Waals surface area contributed by atoms with Crippen molar-refractivity contribution in [2.24, 2.45) is 13.0 Å². The molecule has 1 amide bonds. The third-order valence-corrected chi connectivity index (χ3v) is 6.22. The Labute approximate surface area is 192 Å². The van der Waals surface area contributed by atoms with Gasteiger partial charge in [-0.3, -0.25) is 18.7 Å². The van der Waals surface area contributed by atoms with E-state index in [1.807, 2.05) is 47.4 Å². The Balaban J connectivity index is 1.53. The molecule has 1 aliphatic heterocycles. The molecule has 0 saturated carbocycles. The summed E-state index contributed by atoms with van der Waals surface area (Å²) in [7, 11) is 3.10. The van der Waals surface area contributed by atoms with Crippen molar-refractivity contribution in [2.45, 2.75) is 19.8 Å². The van der Waals surface area contributed by atoms with Crippen LogP contribution in [0.5, 0.6) is 5.75 Å². The first-order valence-electron chi connectivity index (χ1n) is 11.0. The third kappa shape index (κ3) is 4.41. The highest BCUT2D eigenvalue weighted by Gasteiger charge is 2.28. The van der Waals surface area contributed by atoms with Crippen LogP contribution in [0.2, 0.25) is 0 Å². The summed E-state index contributed by atoms with van der Waals surface area (Å²) in [5.41, 5.74) is 1.87. The highest BCUT2D eigenvalue weighted by molar-refractivity contribution is 5.92. The van der Waals surface area contributed by atoms with E-state index in [0.717, 1.165) is 16.0 Å². The Morgan fingerprint density at radius 3 is 2.24 bits per heavy atom. The zero-order chi connectivity index (χ0) is 23.5. The molecule has 0 bridgehead atoms. The van der Waals surface area contributed by atoms with Gasteiger partial charge in [0.2, 0.25) is 5.91 Å². The lowest BCUT2D eigenvalue weighted by Crippen LogP contribution is -2.46. The van der Waals surface area contributed by atoms with E-state index in [1.54, 1.807) is 30.7 Å². The number of benzene rings is 2. The van der Waals surface area contributed by atoms with E-state index in [-0.39, 0.29) is 23.1 Å². The molecular weight excluding hydrogens is 420 g/mol. The van der Waals surface area contributed by atoms with Gasteiger partial charge < -0.3 is 15.0 Å². The standard InChI is InChI=1S/C25H28N4O4/c1-17-22(24(31)27(2)25(32)29(17)20-7-5-4-6-8-20)28-15-13-18(14-16-28)23(30)26-19-9-11-21(33-3)12-10-19/h4-12,18H,13-16H2,1-3H3,(H,26,30). The van der Waals surface area contributed by atoms with Crippen LogP contribution in [0.4, 0.5) is 11.4 Å². The minimum atomic E-state index is -0.374. The quantitative estimate of drug-likeness (QED) is 0.649. The number of piperidine rings is 1. The summed E-state index contributed by atoms with van der Waals surface area (Å²) in [5.74, 6) is 0.557. The Bertz CT molecular complexity index is 1250. The molecular formula is C25H28N4O4. The fourth-order valence-electron chi connectivity index (χ4n) is 4.33. The minimum Gasteiger partial charge on any atom is -0.497 e. The molecule has 2 aromatic carbocycles. The smallest absolute Gasteiger partial charge is 0.335 e. The second-order valence-corrected chi connectivity index (χ2v) is 8.23. The molecule has 8 nitrogen and oxygen atoms in total. The molecule has 0 radical (unpaired) electrons. The van der Waals surface area contributed by atoms with Crippen molar-refractivity contribution in [1.82, 2.24) is 9.13 Å². The lowest BCUT2D eigenvalue weighted by molar-refractivity contribution is -0.120. The van der Waals surface area contributed by atoms with Crippen LogP contribution in [0, 0.1) is 12.8 Å². The summed E-state index contributed by atoms with van der Waals surface area (Å²) in [6.45, 7) is 2.92. The molecule has 1 saturated heterocycles. The van der Waals surface area contributed by atoms with Crippen molar-refractivity contribution in [3.05, 3.63) is 81.1 Å². The van der Waals surface area contributed by atoms with E-state index in [9.17, 15) is 14.4 Å². The molecule has 0 aliphatic carbocycles. The number of hydrogen-bond acceptors (Lipinski definition) is 5. The zero-order valence-electron chi connectivity index (χ0n) is 19.1. The second kappa shape index (κ2) is 9.36. The van der Waals surface area contributed by atoms with Crippen molar-refractivity contribution < 1.29 is 9.53 Å². The van der Waals surface area contributed by atoms with Gasteiger partial charge in [0.25, 0.3) is 5.56 Å². The molecule has 3 aromatic rings. The van der Waals surface area contributed by atoms with Gasteiger partial charge in [-0.2, -0.15) is 0 Å². The van der Waals surface area contributed by atoms with Crippen molar-refractivity contribution >= 4 is 17.3 Å². The van der Waals surface area contributed by atoms with Gasteiger partial charge in [0.1, 0.15) is 11.4 Å². The maximum absolute atomic E-state index is 13.0. The summed E-state index contributed by atoms with van der Waals surface area (Å²) >= 11 is 0. The zero-order valence-corrected chi connectivity index (χ0v) is 19.1. The predicted octanol–water partition coefficient (Wildman–Crippen LogP) is 2.71. The van der Waals surface area contributed by atoms with E-state index >= 15 is 0 Å². The normalized spacial score (nSPS) is 14.2. The predicted molar refractivity (Wildman–Crippen MR) is 129 cm³/mol. The van der Waals surface area contributed by atoms with Crippen LogP contribution >= 0.6 is 0 Å². The van der Waals surface area contributed by atoms with Crippen LogP contribution in [0.15, 0.2) is 64.2 Å². The summed E-state index contributed by atoms with van der Waals surface area (Å²) < 4.78 is 7.87. The number of nitrogens with one attached hydrogen (secondary N) is 1. The molecule has 1 N–H and O–H groups in total. The first kappa shape index (κ1) is 22.4. The van der Waals surface area contributed by atoms with Crippen molar-refractivity contribution in [2.75, 3.05) is 30.4 Å². The Morgan fingerprint density at radius 2 is 1.64 bits per heavy atom. The second-order valence-electron chi connectivity index (χ2n) is 8.23. The number of para-hydroxylation sites is 1. The Morgan fingerprint density at radius 1 is 1.00 bits per heavy atom. The van der Waals surface area contributed by atoms with E-state index in [4.69, 9.17) is 4.74 Å². The number of rotatable bonds is 5. The largest absolute Gasteiger partial charge is 0.497 e.